The molecule has 0 rings (SSSR count). The summed E-state index contributed by atoms with van der Waals surface area (Å²) in [6, 6.07) is 0. The molecule has 2 atom stereocenters. The molecule has 12 heavy (non-hydrogen) atoms. The second-order valence-electron chi connectivity index (χ2n) is 2.54. The van der Waals surface area contributed by atoms with Gasteiger partial charge in [0.15, 0.2) is 0 Å². The molecule has 0 aromatic heterocycles. The van der Waals surface area contributed by atoms with Crippen LogP contribution in [0.4, 0.5) is 13.2 Å². The predicted molar refractivity (Wildman–Crippen MR) is 36.2 cm³/mol. The number of ether oxygens (including phenoxy) is 1. The van der Waals surface area contributed by atoms with E-state index in [4.69, 9.17) is 10.0 Å². The zero-order valence-corrected chi connectivity index (χ0v) is 6.67. The van der Waals surface area contributed by atoms with Crippen molar-refractivity contribution in [1.82, 2.24) is 0 Å². The summed E-state index contributed by atoms with van der Waals surface area (Å²) in [4.78, 5) is 0. The highest BCUT2D eigenvalue weighted by Gasteiger charge is 2.36. The maximum atomic E-state index is 11.5. The van der Waals surface area contributed by atoms with Crippen LogP contribution in [-0.4, -0.2) is 29.6 Å². The molecule has 72 valence electrons. The Morgan fingerprint density at radius 1 is 1.25 bits per heavy atom. The normalized spacial score (nSPS) is 17.2. The Balaban J connectivity index is 3.95. The van der Waals surface area contributed by atoms with Crippen molar-refractivity contribution in [2.75, 3.05) is 0 Å². The first-order valence-electron chi connectivity index (χ1n) is 3.34. The van der Waals surface area contributed by atoms with Crippen molar-refractivity contribution in [3.8, 4) is 0 Å². The third kappa shape index (κ3) is 4.58. The summed E-state index contributed by atoms with van der Waals surface area (Å²) in [6.07, 6.45) is -6.01. The van der Waals surface area contributed by atoms with E-state index in [1.165, 1.54) is 6.92 Å². The summed E-state index contributed by atoms with van der Waals surface area (Å²) in [5.41, 5.74) is 0. The van der Waals surface area contributed by atoms with Crippen molar-refractivity contribution in [3.05, 3.63) is 0 Å². The molecule has 3 nitrogen and oxygen atoms in total. The maximum Gasteiger partial charge on any atom is 0.522 e. The lowest BCUT2D eigenvalue weighted by Crippen LogP contribution is -2.32. The van der Waals surface area contributed by atoms with Crippen LogP contribution < -0.4 is 0 Å². The van der Waals surface area contributed by atoms with Gasteiger partial charge in [-0.05, 0) is 6.92 Å². The van der Waals surface area contributed by atoms with E-state index in [0.717, 1.165) is 6.92 Å². The zero-order chi connectivity index (χ0) is 9.94. The number of alkyl halides is 3. The first kappa shape index (κ1) is 11.7. The van der Waals surface area contributed by atoms with E-state index in [2.05, 4.69) is 4.74 Å². The molecule has 0 radical (unpaired) electrons. The second-order valence-corrected chi connectivity index (χ2v) is 2.54. The SMILES string of the molecule is CC(OC(F)(F)F)[C@H](C)B(O)O. The van der Waals surface area contributed by atoms with Gasteiger partial charge < -0.3 is 10.0 Å². The Morgan fingerprint density at radius 2 is 1.67 bits per heavy atom. The van der Waals surface area contributed by atoms with Crippen LogP contribution in [-0.2, 0) is 4.74 Å². The minimum atomic E-state index is -4.73. The van der Waals surface area contributed by atoms with Gasteiger partial charge in [0.05, 0.1) is 6.10 Å². The van der Waals surface area contributed by atoms with Gasteiger partial charge >= 0.3 is 13.5 Å². The molecule has 0 aliphatic carbocycles. The number of halogens is 3. The Bertz CT molecular complexity index is 138. The van der Waals surface area contributed by atoms with Gasteiger partial charge in [-0.2, -0.15) is 0 Å². The van der Waals surface area contributed by atoms with Crippen LogP contribution >= 0.6 is 0 Å². The molecule has 0 aliphatic rings. The summed E-state index contributed by atoms with van der Waals surface area (Å²) in [6.45, 7) is 2.37. The average Bonchev–Trinajstić information content (AvgIpc) is 1.82. The van der Waals surface area contributed by atoms with E-state index in [-0.39, 0.29) is 0 Å². The fourth-order valence-corrected chi connectivity index (χ4v) is 0.561. The third-order valence-electron chi connectivity index (χ3n) is 1.53. The minimum absolute atomic E-state index is 0.980. The highest BCUT2D eigenvalue weighted by Crippen LogP contribution is 2.24. The van der Waals surface area contributed by atoms with E-state index in [0.29, 0.717) is 0 Å². The topological polar surface area (TPSA) is 49.7 Å². The van der Waals surface area contributed by atoms with Crippen molar-refractivity contribution >= 4 is 7.12 Å². The maximum absolute atomic E-state index is 11.5. The largest absolute Gasteiger partial charge is 0.522 e. The summed E-state index contributed by atoms with van der Waals surface area (Å²) in [5.74, 6) is -0.980. The van der Waals surface area contributed by atoms with E-state index in [1.807, 2.05) is 0 Å². The highest BCUT2D eigenvalue weighted by molar-refractivity contribution is 6.43. The summed E-state index contributed by atoms with van der Waals surface area (Å²) in [5, 5.41) is 17.0. The molecule has 0 amide bonds. The van der Waals surface area contributed by atoms with Gasteiger partial charge in [0.2, 0.25) is 0 Å². The molecule has 0 fully saturated rings. The Morgan fingerprint density at radius 3 is 1.92 bits per heavy atom. The molecular formula is C5H10BF3O3. The van der Waals surface area contributed by atoms with Crippen LogP contribution in [0.1, 0.15) is 13.8 Å². The van der Waals surface area contributed by atoms with Gasteiger partial charge in [-0.1, -0.05) is 6.92 Å². The molecule has 7 heteroatoms. The quantitative estimate of drug-likeness (QED) is 0.640. The van der Waals surface area contributed by atoms with Gasteiger partial charge in [0, 0.05) is 5.82 Å². The number of hydrogen-bond acceptors (Lipinski definition) is 3. The molecular weight excluding hydrogens is 176 g/mol. The smallest absolute Gasteiger partial charge is 0.427 e. The van der Waals surface area contributed by atoms with Crippen LogP contribution in [0.25, 0.3) is 0 Å². The van der Waals surface area contributed by atoms with Crippen molar-refractivity contribution in [1.29, 1.82) is 0 Å². The van der Waals surface area contributed by atoms with E-state index in [1.54, 1.807) is 0 Å². The van der Waals surface area contributed by atoms with Crippen molar-refractivity contribution in [2.45, 2.75) is 32.1 Å². The summed E-state index contributed by atoms with van der Waals surface area (Å²) >= 11 is 0. The Labute approximate surface area is 68.3 Å². The van der Waals surface area contributed by atoms with Crippen LogP contribution in [0.2, 0.25) is 5.82 Å². The second kappa shape index (κ2) is 4.11. The van der Waals surface area contributed by atoms with Crippen LogP contribution in [0.3, 0.4) is 0 Å². The number of hydrogen-bond donors (Lipinski definition) is 2. The average molecular weight is 186 g/mol. The first-order valence-corrected chi connectivity index (χ1v) is 3.34. The van der Waals surface area contributed by atoms with Gasteiger partial charge in [-0.25, -0.2) is 0 Å². The monoisotopic (exact) mass is 186 g/mol. The minimum Gasteiger partial charge on any atom is -0.427 e. The van der Waals surface area contributed by atoms with Gasteiger partial charge in [0.25, 0.3) is 0 Å². The molecule has 0 saturated heterocycles. The van der Waals surface area contributed by atoms with Crippen LogP contribution in [0.15, 0.2) is 0 Å². The zero-order valence-electron chi connectivity index (χ0n) is 6.67. The molecule has 1 unspecified atom stereocenters. The van der Waals surface area contributed by atoms with Gasteiger partial charge in [-0.3, -0.25) is 4.74 Å². The fourth-order valence-electron chi connectivity index (χ4n) is 0.561. The highest BCUT2D eigenvalue weighted by atomic mass is 19.4. The fraction of sp³-hybridized carbons (Fsp3) is 1.00. The molecule has 0 aromatic rings. The van der Waals surface area contributed by atoms with Crippen molar-refractivity contribution in [2.24, 2.45) is 0 Å². The molecule has 0 aliphatic heterocycles. The van der Waals surface area contributed by atoms with E-state index in [9.17, 15) is 13.2 Å². The standard InChI is InChI=1S/C5H10BF3O3/c1-3(6(10)11)4(2)12-5(7,8)9/h3-4,10-11H,1-2H3/t3-,4?/m0/s1. The van der Waals surface area contributed by atoms with Crippen molar-refractivity contribution in [3.63, 3.8) is 0 Å². The van der Waals surface area contributed by atoms with Crippen LogP contribution in [0.5, 0.6) is 0 Å². The molecule has 0 aromatic carbocycles. The van der Waals surface area contributed by atoms with Crippen LogP contribution in [0, 0.1) is 0 Å². The van der Waals surface area contributed by atoms with E-state index >= 15 is 0 Å². The van der Waals surface area contributed by atoms with E-state index < -0.39 is 25.4 Å². The summed E-state index contributed by atoms with van der Waals surface area (Å²) in [7, 11) is -1.80. The molecule has 0 saturated carbocycles. The Hall–Kier alpha value is -0.265. The van der Waals surface area contributed by atoms with Crippen molar-refractivity contribution < 1.29 is 28.0 Å². The first-order chi connectivity index (χ1) is 5.24. The lowest BCUT2D eigenvalue weighted by Gasteiger charge is -2.20. The Kier molecular flexibility index (Phi) is 4.02. The molecule has 0 bridgehead atoms. The molecule has 0 spiro atoms. The molecule has 2 N–H and O–H groups in total. The third-order valence-corrected chi connectivity index (χ3v) is 1.53. The van der Waals surface area contributed by atoms with Gasteiger partial charge in [0.1, 0.15) is 0 Å². The number of rotatable bonds is 3. The summed E-state index contributed by atoms with van der Waals surface area (Å²) < 4.78 is 38.2. The predicted octanol–water partition coefficient (Wildman–Crippen LogP) is 0.774. The lowest BCUT2D eigenvalue weighted by atomic mass is 9.71. The van der Waals surface area contributed by atoms with Gasteiger partial charge in [-0.15, -0.1) is 13.2 Å². The molecule has 0 heterocycles. The lowest BCUT2D eigenvalue weighted by molar-refractivity contribution is -0.340.